The highest BCUT2D eigenvalue weighted by Crippen LogP contribution is 2.21. The van der Waals surface area contributed by atoms with Crippen molar-refractivity contribution in [3.05, 3.63) is 12.2 Å². The molecule has 3 unspecified atom stereocenters. The molecular formula is C31H57NO6. The average molecular weight is 540 g/mol. The predicted molar refractivity (Wildman–Crippen MR) is 152 cm³/mol. The molecule has 0 saturated carbocycles. The minimum absolute atomic E-state index is 0.155. The van der Waals surface area contributed by atoms with E-state index in [2.05, 4.69) is 19.1 Å². The molecule has 0 aromatic carbocycles. The van der Waals surface area contributed by atoms with Crippen molar-refractivity contribution >= 4 is 17.9 Å². The molecule has 0 saturated heterocycles. The first-order valence-electron chi connectivity index (χ1n) is 15.2. The Morgan fingerprint density at radius 1 is 0.632 bits per heavy atom. The van der Waals surface area contributed by atoms with E-state index in [9.17, 15) is 29.7 Å². The molecule has 0 amide bonds. The second-order valence-electron chi connectivity index (χ2n) is 11.6. The van der Waals surface area contributed by atoms with Crippen molar-refractivity contribution < 1.29 is 34.2 Å². The second-order valence-corrected chi connectivity index (χ2v) is 11.6. The Balaban J connectivity index is 4.51. The predicted octanol–water partition coefficient (Wildman–Crippen LogP) is 6.06. The van der Waals surface area contributed by atoms with E-state index in [-0.39, 0.29) is 24.1 Å². The molecule has 0 rings (SSSR count). The summed E-state index contributed by atoms with van der Waals surface area (Å²) in [6, 6.07) is 0. The molecule has 7 heteroatoms. The molecule has 2 N–H and O–H groups in total. The number of aliphatic carboxylic acids is 3. The Morgan fingerprint density at radius 3 is 1.39 bits per heavy atom. The van der Waals surface area contributed by atoms with Gasteiger partial charge in [-0.05, 0) is 33.1 Å². The topological polar surface area (TPSA) is 115 Å². The molecule has 0 heterocycles. The SMILES string of the molecule is CCCCCCCCCCCCCC/C=C/CCC[N+](CC(C)C(=O)[O-])(CC(C)C(=O)O)CC(C)C(=O)O. The van der Waals surface area contributed by atoms with Gasteiger partial charge in [-0.1, -0.05) is 96.6 Å². The largest absolute Gasteiger partial charge is 0.550 e. The number of carbonyl (C=O) groups excluding carboxylic acids is 1. The fourth-order valence-corrected chi connectivity index (χ4v) is 5.35. The fraction of sp³-hybridized carbons (Fsp3) is 0.839. The number of rotatable bonds is 26. The molecule has 3 atom stereocenters. The van der Waals surface area contributed by atoms with Crippen LogP contribution in [-0.4, -0.2) is 58.8 Å². The van der Waals surface area contributed by atoms with E-state index in [0.717, 1.165) is 19.3 Å². The minimum Gasteiger partial charge on any atom is -0.550 e. The summed E-state index contributed by atoms with van der Waals surface area (Å²) in [5.41, 5.74) is 0. The van der Waals surface area contributed by atoms with Gasteiger partial charge in [0.05, 0.1) is 26.2 Å². The van der Waals surface area contributed by atoms with E-state index in [1.165, 1.54) is 77.0 Å². The summed E-state index contributed by atoms with van der Waals surface area (Å²) in [4.78, 5) is 34.7. The van der Waals surface area contributed by atoms with Gasteiger partial charge in [0.25, 0.3) is 0 Å². The number of allylic oxidation sites excluding steroid dienone is 2. The van der Waals surface area contributed by atoms with Gasteiger partial charge in [0.2, 0.25) is 0 Å². The lowest BCUT2D eigenvalue weighted by molar-refractivity contribution is -0.934. The highest BCUT2D eigenvalue weighted by atomic mass is 16.4. The van der Waals surface area contributed by atoms with Crippen LogP contribution < -0.4 is 5.11 Å². The molecule has 7 nitrogen and oxygen atoms in total. The van der Waals surface area contributed by atoms with Crippen LogP contribution in [0, 0.1) is 17.8 Å². The summed E-state index contributed by atoms with van der Waals surface area (Å²) in [5, 5.41) is 30.5. The average Bonchev–Trinajstić information content (AvgIpc) is 2.85. The Hall–Kier alpha value is -1.89. The van der Waals surface area contributed by atoms with Gasteiger partial charge in [0.15, 0.2) is 0 Å². The Morgan fingerprint density at radius 2 is 1.00 bits per heavy atom. The molecule has 0 aliphatic heterocycles. The van der Waals surface area contributed by atoms with Crippen LogP contribution in [0.15, 0.2) is 12.2 Å². The van der Waals surface area contributed by atoms with Gasteiger partial charge >= 0.3 is 11.9 Å². The van der Waals surface area contributed by atoms with Crippen LogP contribution in [0.2, 0.25) is 0 Å². The van der Waals surface area contributed by atoms with Gasteiger partial charge < -0.3 is 24.6 Å². The molecule has 0 aromatic heterocycles. The molecule has 222 valence electrons. The van der Waals surface area contributed by atoms with Crippen molar-refractivity contribution in [1.82, 2.24) is 0 Å². The summed E-state index contributed by atoms with van der Waals surface area (Å²) in [6.07, 6.45) is 22.9. The van der Waals surface area contributed by atoms with Crippen LogP contribution in [0.1, 0.15) is 124 Å². The first kappa shape index (κ1) is 36.1. The quantitative estimate of drug-likeness (QED) is 0.0784. The summed E-state index contributed by atoms with van der Waals surface area (Å²) in [6.45, 7) is 8.10. The van der Waals surface area contributed by atoms with E-state index in [4.69, 9.17) is 0 Å². The molecule has 0 aliphatic carbocycles. The number of carbonyl (C=O) groups is 3. The van der Waals surface area contributed by atoms with Crippen molar-refractivity contribution in [2.45, 2.75) is 124 Å². The van der Waals surface area contributed by atoms with Gasteiger partial charge in [-0.15, -0.1) is 0 Å². The fourth-order valence-electron chi connectivity index (χ4n) is 5.35. The molecule has 0 fully saturated rings. The second kappa shape index (κ2) is 22.0. The van der Waals surface area contributed by atoms with Crippen LogP contribution in [0.4, 0.5) is 0 Å². The number of hydrogen-bond acceptors (Lipinski definition) is 4. The Labute approximate surface area is 232 Å². The van der Waals surface area contributed by atoms with Crippen LogP contribution >= 0.6 is 0 Å². The lowest BCUT2D eigenvalue weighted by atomic mass is 10.0. The lowest BCUT2D eigenvalue weighted by Gasteiger charge is -2.43. The number of hydrogen-bond donors (Lipinski definition) is 2. The Kier molecular flexibility index (Phi) is 20.9. The van der Waals surface area contributed by atoms with Gasteiger partial charge in [-0.2, -0.15) is 0 Å². The van der Waals surface area contributed by atoms with Gasteiger partial charge in [-0.25, -0.2) is 0 Å². The number of unbranched alkanes of at least 4 members (excludes halogenated alkanes) is 13. The molecule has 0 aromatic rings. The van der Waals surface area contributed by atoms with Crippen molar-refractivity contribution in [3.63, 3.8) is 0 Å². The van der Waals surface area contributed by atoms with Crippen molar-refractivity contribution in [3.8, 4) is 0 Å². The smallest absolute Gasteiger partial charge is 0.311 e. The van der Waals surface area contributed by atoms with Crippen molar-refractivity contribution in [2.24, 2.45) is 17.8 Å². The zero-order chi connectivity index (χ0) is 28.8. The molecule has 38 heavy (non-hydrogen) atoms. The molecular weight excluding hydrogens is 482 g/mol. The third-order valence-corrected chi connectivity index (χ3v) is 7.62. The van der Waals surface area contributed by atoms with Gasteiger partial charge in [0.1, 0.15) is 11.8 Å². The summed E-state index contributed by atoms with van der Waals surface area (Å²) < 4.78 is 0.155. The molecule has 0 aliphatic rings. The maximum Gasteiger partial charge on any atom is 0.311 e. The maximum absolute atomic E-state index is 11.6. The highest BCUT2D eigenvalue weighted by Gasteiger charge is 2.36. The van der Waals surface area contributed by atoms with Gasteiger partial charge in [0, 0.05) is 18.3 Å². The number of carboxylic acid groups (broad SMARTS) is 3. The molecule has 0 spiro atoms. The first-order chi connectivity index (χ1) is 18.0. The van der Waals surface area contributed by atoms with Crippen LogP contribution in [-0.2, 0) is 14.4 Å². The van der Waals surface area contributed by atoms with Crippen LogP contribution in [0.25, 0.3) is 0 Å². The van der Waals surface area contributed by atoms with E-state index in [1.807, 2.05) is 0 Å². The third kappa shape index (κ3) is 18.4. The normalized spacial score (nSPS) is 15.7. The third-order valence-electron chi connectivity index (χ3n) is 7.62. The van der Waals surface area contributed by atoms with Gasteiger partial charge in [-0.3, -0.25) is 9.59 Å². The number of quaternary nitrogens is 1. The van der Waals surface area contributed by atoms with E-state index in [0.29, 0.717) is 6.54 Å². The van der Waals surface area contributed by atoms with E-state index >= 15 is 0 Å². The highest BCUT2D eigenvalue weighted by molar-refractivity contribution is 5.70. The zero-order valence-electron chi connectivity index (χ0n) is 24.8. The zero-order valence-corrected chi connectivity index (χ0v) is 24.8. The minimum atomic E-state index is -1.19. The first-order valence-corrected chi connectivity index (χ1v) is 15.2. The standard InChI is InChI=1S/C31H57NO6/c1-5-6-7-8-9-10-11-12-13-14-15-16-17-18-19-20-21-22-32(23-26(2)29(33)34,24-27(3)30(35)36)25-28(4)31(37)38/h18-19,26-28H,5-17,20-25H2,1-4H3,(H2-,33,34,35,36,37,38)/b19-18+. The van der Waals surface area contributed by atoms with Crippen molar-refractivity contribution in [1.29, 1.82) is 0 Å². The van der Waals surface area contributed by atoms with Crippen LogP contribution in [0.5, 0.6) is 0 Å². The maximum atomic E-state index is 11.6. The molecule has 0 radical (unpaired) electrons. The molecule has 0 bridgehead atoms. The van der Waals surface area contributed by atoms with E-state index < -0.39 is 35.7 Å². The summed E-state index contributed by atoms with van der Waals surface area (Å²) >= 11 is 0. The number of carboxylic acids is 3. The number of nitrogens with zero attached hydrogens (tertiary/aromatic N) is 1. The van der Waals surface area contributed by atoms with Crippen molar-refractivity contribution in [2.75, 3.05) is 26.2 Å². The van der Waals surface area contributed by atoms with E-state index in [1.54, 1.807) is 20.8 Å². The lowest BCUT2D eigenvalue weighted by Crippen LogP contribution is -2.58. The van der Waals surface area contributed by atoms with Crippen LogP contribution in [0.3, 0.4) is 0 Å². The Bertz CT molecular complexity index is 622. The monoisotopic (exact) mass is 539 g/mol. The summed E-state index contributed by atoms with van der Waals surface area (Å²) in [5.74, 6) is -5.31. The summed E-state index contributed by atoms with van der Waals surface area (Å²) in [7, 11) is 0.